The van der Waals surface area contributed by atoms with Gasteiger partial charge in [0.25, 0.3) is 0 Å². The Morgan fingerprint density at radius 1 is 1.12 bits per heavy atom. The minimum Gasteiger partial charge on any atom is -0.314 e. The highest BCUT2D eigenvalue weighted by Crippen LogP contribution is 2.29. The van der Waals surface area contributed by atoms with Crippen LogP contribution in [0.1, 0.15) is 42.9 Å². The highest BCUT2D eigenvalue weighted by Gasteiger charge is 2.26. The number of nitrogens with one attached hydrogen (secondary N) is 1. The molecule has 2 atom stereocenters. The first-order chi connectivity index (χ1) is 8.19. The molecule has 0 bridgehead atoms. The molecule has 1 heteroatoms. The van der Waals surface area contributed by atoms with Gasteiger partial charge in [0, 0.05) is 6.04 Å². The van der Waals surface area contributed by atoms with Gasteiger partial charge < -0.3 is 5.32 Å². The van der Waals surface area contributed by atoms with E-state index in [1.165, 1.54) is 42.4 Å². The molecule has 0 aliphatic heterocycles. The van der Waals surface area contributed by atoms with Gasteiger partial charge in [-0.15, -0.1) is 0 Å². The molecule has 1 nitrogen and oxygen atoms in total. The van der Waals surface area contributed by atoms with E-state index in [9.17, 15) is 0 Å². The van der Waals surface area contributed by atoms with Crippen molar-refractivity contribution in [1.82, 2.24) is 5.32 Å². The zero-order valence-corrected chi connectivity index (χ0v) is 11.4. The van der Waals surface area contributed by atoms with Gasteiger partial charge in [0.1, 0.15) is 0 Å². The summed E-state index contributed by atoms with van der Waals surface area (Å²) in [6, 6.07) is 7.73. The number of aryl methyl sites for hydroxylation is 2. The second-order valence-electron chi connectivity index (χ2n) is 5.56. The maximum absolute atomic E-state index is 3.64. The molecule has 1 fully saturated rings. The normalized spacial score (nSPS) is 24.2. The predicted octanol–water partition coefficient (Wildman–Crippen LogP) is 3.62. The Morgan fingerprint density at radius 3 is 2.47 bits per heavy atom. The van der Waals surface area contributed by atoms with Gasteiger partial charge in [-0.2, -0.15) is 0 Å². The molecule has 0 saturated heterocycles. The van der Waals surface area contributed by atoms with E-state index in [-0.39, 0.29) is 0 Å². The minimum absolute atomic E-state index is 0.751. The Hall–Kier alpha value is -0.820. The van der Waals surface area contributed by atoms with Crippen LogP contribution < -0.4 is 5.32 Å². The molecule has 0 heterocycles. The van der Waals surface area contributed by atoms with Crippen molar-refractivity contribution in [2.75, 3.05) is 6.54 Å². The summed E-state index contributed by atoms with van der Waals surface area (Å²) in [6.07, 6.45) is 5.40. The van der Waals surface area contributed by atoms with E-state index in [1.807, 2.05) is 0 Å². The van der Waals surface area contributed by atoms with E-state index in [1.54, 1.807) is 0 Å². The lowest BCUT2D eigenvalue weighted by Gasteiger charge is -2.20. The number of benzene rings is 1. The van der Waals surface area contributed by atoms with Crippen molar-refractivity contribution < 1.29 is 0 Å². The van der Waals surface area contributed by atoms with Crippen molar-refractivity contribution in [2.24, 2.45) is 5.92 Å². The molecule has 1 N–H and O–H groups in total. The van der Waals surface area contributed by atoms with Crippen molar-refractivity contribution in [3.8, 4) is 0 Å². The molecule has 1 aliphatic carbocycles. The molecular formula is C16H25N. The summed E-state index contributed by atoms with van der Waals surface area (Å²) >= 11 is 0. The monoisotopic (exact) mass is 231 g/mol. The van der Waals surface area contributed by atoms with Crippen molar-refractivity contribution in [3.05, 3.63) is 34.9 Å². The summed E-state index contributed by atoms with van der Waals surface area (Å²) in [6.45, 7) is 7.72. The third-order valence-corrected chi connectivity index (χ3v) is 3.90. The molecule has 0 amide bonds. The van der Waals surface area contributed by atoms with Gasteiger partial charge in [0.05, 0.1) is 0 Å². The molecule has 2 unspecified atom stereocenters. The van der Waals surface area contributed by atoms with Crippen LogP contribution >= 0.6 is 0 Å². The van der Waals surface area contributed by atoms with Crippen LogP contribution in [-0.2, 0) is 6.42 Å². The first kappa shape index (κ1) is 12.6. The molecule has 1 aliphatic rings. The second kappa shape index (κ2) is 5.68. The van der Waals surface area contributed by atoms with Gasteiger partial charge in [-0.1, -0.05) is 42.7 Å². The van der Waals surface area contributed by atoms with Crippen LogP contribution in [0, 0.1) is 19.8 Å². The summed E-state index contributed by atoms with van der Waals surface area (Å²) in [5.41, 5.74) is 4.33. The summed E-state index contributed by atoms with van der Waals surface area (Å²) in [5.74, 6) is 0.844. The highest BCUT2D eigenvalue weighted by molar-refractivity contribution is 5.29. The van der Waals surface area contributed by atoms with Gasteiger partial charge in [0.15, 0.2) is 0 Å². The smallest absolute Gasteiger partial charge is 0.00983 e. The first-order valence-corrected chi connectivity index (χ1v) is 6.99. The summed E-state index contributed by atoms with van der Waals surface area (Å²) < 4.78 is 0. The minimum atomic E-state index is 0.751. The van der Waals surface area contributed by atoms with E-state index < -0.39 is 0 Å². The van der Waals surface area contributed by atoms with Crippen molar-refractivity contribution in [3.63, 3.8) is 0 Å². The Kier molecular flexibility index (Phi) is 4.22. The average molecular weight is 231 g/mol. The van der Waals surface area contributed by atoms with Crippen LogP contribution in [0.3, 0.4) is 0 Å². The van der Waals surface area contributed by atoms with E-state index in [0.29, 0.717) is 0 Å². The summed E-state index contributed by atoms with van der Waals surface area (Å²) in [7, 11) is 0. The average Bonchev–Trinajstić information content (AvgIpc) is 2.65. The molecule has 1 aromatic carbocycles. The van der Waals surface area contributed by atoms with Gasteiger partial charge in [-0.05, 0) is 51.1 Å². The Labute approximate surface area is 106 Å². The topological polar surface area (TPSA) is 12.0 Å². The predicted molar refractivity (Wildman–Crippen MR) is 74.4 cm³/mol. The van der Waals surface area contributed by atoms with E-state index in [2.05, 4.69) is 44.3 Å². The Bertz CT molecular complexity index is 350. The van der Waals surface area contributed by atoms with E-state index in [4.69, 9.17) is 0 Å². The third-order valence-electron chi connectivity index (χ3n) is 3.90. The summed E-state index contributed by atoms with van der Waals surface area (Å²) in [5, 5.41) is 3.64. The molecule has 0 radical (unpaired) electrons. The van der Waals surface area contributed by atoms with E-state index >= 15 is 0 Å². The Morgan fingerprint density at radius 2 is 1.82 bits per heavy atom. The number of rotatable bonds is 4. The molecule has 0 aromatic heterocycles. The van der Waals surface area contributed by atoms with E-state index in [0.717, 1.165) is 18.5 Å². The fourth-order valence-electron chi connectivity index (χ4n) is 3.30. The summed E-state index contributed by atoms with van der Waals surface area (Å²) in [4.78, 5) is 0. The molecule has 94 valence electrons. The number of hydrogen-bond acceptors (Lipinski definition) is 1. The number of hydrogen-bond donors (Lipinski definition) is 1. The van der Waals surface area contributed by atoms with Gasteiger partial charge in [-0.25, -0.2) is 0 Å². The fourth-order valence-corrected chi connectivity index (χ4v) is 3.30. The van der Waals surface area contributed by atoms with Crippen LogP contribution in [0.25, 0.3) is 0 Å². The molecule has 1 saturated carbocycles. The van der Waals surface area contributed by atoms with Crippen molar-refractivity contribution in [2.45, 2.75) is 52.5 Å². The van der Waals surface area contributed by atoms with Crippen LogP contribution in [-0.4, -0.2) is 12.6 Å². The zero-order chi connectivity index (χ0) is 12.3. The third kappa shape index (κ3) is 3.32. The highest BCUT2D eigenvalue weighted by atomic mass is 14.9. The molecule has 2 rings (SSSR count). The fraction of sp³-hybridized carbons (Fsp3) is 0.625. The van der Waals surface area contributed by atoms with Crippen LogP contribution in [0.5, 0.6) is 0 Å². The van der Waals surface area contributed by atoms with Crippen molar-refractivity contribution in [1.29, 1.82) is 0 Å². The Balaban J connectivity index is 2.04. The van der Waals surface area contributed by atoms with Crippen LogP contribution in [0.4, 0.5) is 0 Å². The lowest BCUT2D eigenvalue weighted by molar-refractivity contribution is 0.406. The maximum atomic E-state index is 3.64. The molecule has 17 heavy (non-hydrogen) atoms. The molecular weight excluding hydrogens is 206 g/mol. The largest absolute Gasteiger partial charge is 0.314 e. The van der Waals surface area contributed by atoms with Crippen LogP contribution in [0.2, 0.25) is 0 Å². The van der Waals surface area contributed by atoms with Crippen LogP contribution in [0.15, 0.2) is 18.2 Å². The molecule has 0 spiro atoms. The van der Waals surface area contributed by atoms with Crippen molar-refractivity contribution >= 4 is 0 Å². The lowest BCUT2D eigenvalue weighted by Crippen LogP contribution is -2.33. The zero-order valence-electron chi connectivity index (χ0n) is 11.4. The van der Waals surface area contributed by atoms with Gasteiger partial charge >= 0.3 is 0 Å². The SMILES string of the molecule is CCNC1CCCC1Cc1cc(C)cc(C)c1. The standard InChI is InChI=1S/C16H25N/c1-4-17-16-7-5-6-15(16)11-14-9-12(2)8-13(3)10-14/h8-10,15-17H,4-7,11H2,1-3H3. The molecule has 1 aromatic rings. The van der Waals surface area contributed by atoms with Gasteiger partial charge in [0.2, 0.25) is 0 Å². The quantitative estimate of drug-likeness (QED) is 0.834. The first-order valence-electron chi connectivity index (χ1n) is 6.99. The second-order valence-corrected chi connectivity index (χ2v) is 5.56. The van der Waals surface area contributed by atoms with Gasteiger partial charge in [-0.3, -0.25) is 0 Å². The maximum Gasteiger partial charge on any atom is 0.00983 e. The lowest BCUT2D eigenvalue weighted by atomic mass is 9.93.